The van der Waals surface area contributed by atoms with Gasteiger partial charge in [0.25, 0.3) is 0 Å². The SMILES string of the molecule is N#Cc1cc(Br)c(OC(=O)c2c3ccccc3[n+](CC(=O)O)c3ccccc23)c(Br)c1. The van der Waals surface area contributed by atoms with Crippen LogP contribution in [0.3, 0.4) is 0 Å². The van der Waals surface area contributed by atoms with Gasteiger partial charge in [-0.05, 0) is 56.1 Å². The Labute approximate surface area is 193 Å². The van der Waals surface area contributed by atoms with Gasteiger partial charge in [0.15, 0.2) is 5.75 Å². The van der Waals surface area contributed by atoms with E-state index in [1.54, 1.807) is 65.2 Å². The summed E-state index contributed by atoms with van der Waals surface area (Å²) in [5.74, 6) is -1.33. The third kappa shape index (κ3) is 3.90. The Morgan fingerprint density at radius 1 is 0.968 bits per heavy atom. The second-order valence-corrected chi connectivity index (χ2v) is 8.37. The van der Waals surface area contributed by atoms with E-state index in [-0.39, 0.29) is 12.3 Å². The summed E-state index contributed by atoms with van der Waals surface area (Å²) in [5.41, 5.74) is 1.95. The average molecular weight is 541 g/mol. The van der Waals surface area contributed by atoms with E-state index in [1.165, 1.54) is 0 Å². The number of nitriles is 1. The van der Waals surface area contributed by atoms with E-state index in [0.29, 0.717) is 41.9 Å². The number of aromatic nitrogens is 1. The van der Waals surface area contributed by atoms with Crippen LogP contribution in [0.5, 0.6) is 5.75 Å². The van der Waals surface area contributed by atoms with E-state index in [4.69, 9.17) is 10.00 Å². The van der Waals surface area contributed by atoms with Crippen LogP contribution in [0.25, 0.3) is 21.8 Å². The van der Waals surface area contributed by atoms with E-state index < -0.39 is 11.9 Å². The standard InChI is InChI=1S/C23H12Br2N2O4/c24-16-9-13(11-26)10-17(25)22(16)31-23(30)21-14-5-1-3-7-18(14)27(12-20(28)29)19-8-4-2-6-15(19)21/h1-10H,12H2/p+1. The van der Waals surface area contributed by atoms with Crippen molar-refractivity contribution in [3.05, 3.63) is 80.7 Å². The minimum Gasteiger partial charge on any atom is -0.477 e. The van der Waals surface area contributed by atoms with Crippen LogP contribution in [0.2, 0.25) is 0 Å². The Balaban J connectivity index is 1.95. The maximum atomic E-state index is 13.4. The number of carbonyl (C=O) groups excluding carboxylic acids is 1. The van der Waals surface area contributed by atoms with E-state index in [9.17, 15) is 14.7 Å². The number of pyridine rings is 1. The maximum Gasteiger partial charge on any atom is 0.370 e. The number of carboxylic acids is 1. The Kier molecular flexibility index (Phi) is 5.72. The van der Waals surface area contributed by atoms with Gasteiger partial charge in [-0.15, -0.1) is 0 Å². The van der Waals surface area contributed by atoms with Gasteiger partial charge >= 0.3 is 11.9 Å². The zero-order chi connectivity index (χ0) is 22.1. The summed E-state index contributed by atoms with van der Waals surface area (Å²) < 4.78 is 8.31. The quantitative estimate of drug-likeness (QED) is 0.170. The molecule has 0 aliphatic rings. The highest BCUT2D eigenvalue weighted by Gasteiger charge is 2.27. The van der Waals surface area contributed by atoms with Crippen molar-refractivity contribution in [2.75, 3.05) is 0 Å². The number of halogens is 2. The molecule has 1 N–H and O–H groups in total. The normalized spacial score (nSPS) is 10.7. The molecule has 0 radical (unpaired) electrons. The number of hydrogen-bond acceptors (Lipinski definition) is 4. The molecule has 8 heteroatoms. The average Bonchev–Trinajstić information content (AvgIpc) is 2.75. The highest BCUT2D eigenvalue weighted by molar-refractivity contribution is 9.11. The first kappa shape index (κ1) is 21.0. The van der Waals surface area contributed by atoms with Crippen molar-refractivity contribution in [3.63, 3.8) is 0 Å². The number of ether oxygens (including phenoxy) is 1. The van der Waals surface area contributed by atoms with E-state index >= 15 is 0 Å². The zero-order valence-electron chi connectivity index (χ0n) is 15.8. The number of rotatable bonds is 4. The molecule has 0 unspecified atom stereocenters. The molecule has 0 aliphatic heterocycles. The molecular formula is C23H13Br2N2O4+. The molecular weight excluding hydrogens is 528 g/mol. The third-order valence-corrected chi connectivity index (χ3v) is 5.93. The van der Waals surface area contributed by atoms with Crippen LogP contribution >= 0.6 is 31.9 Å². The van der Waals surface area contributed by atoms with Gasteiger partial charge in [0.2, 0.25) is 17.6 Å². The maximum absolute atomic E-state index is 13.4. The summed E-state index contributed by atoms with van der Waals surface area (Å²) in [7, 11) is 0. The molecule has 0 saturated heterocycles. The van der Waals surface area contributed by atoms with Crippen molar-refractivity contribution in [3.8, 4) is 11.8 Å². The number of carboxylic acid groups (broad SMARTS) is 1. The highest BCUT2D eigenvalue weighted by Crippen LogP contribution is 2.36. The summed E-state index contributed by atoms with van der Waals surface area (Å²) in [4.78, 5) is 24.9. The fraction of sp³-hybridized carbons (Fsp3) is 0.0435. The van der Waals surface area contributed by atoms with Crippen LogP contribution in [0, 0.1) is 11.3 Å². The van der Waals surface area contributed by atoms with Gasteiger partial charge in [-0.3, -0.25) is 0 Å². The molecule has 0 amide bonds. The Hall–Kier alpha value is -3.28. The molecule has 1 aromatic heterocycles. The smallest absolute Gasteiger partial charge is 0.370 e. The van der Waals surface area contributed by atoms with Gasteiger partial charge in [-0.25, -0.2) is 9.59 Å². The number of aliphatic carboxylic acids is 1. The molecule has 31 heavy (non-hydrogen) atoms. The molecule has 0 spiro atoms. The van der Waals surface area contributed by atoms with E-state index in [1.807, 2.05) is 6.07 Å². The number of para-hydroxylation sites is 2. The topological polar surface area (TPSA) is 91.3 Å². The van der Waals surface area contributed by atoms with Crippen LogP contribution in [-0.2, 0) is 11.3 Å². The second-order valence-electron chi connectivity index (χ2n) is 6.66. The summed E-state index contributed by atoms with van der Waals surface area (Å²) in [5, 5.41) is 19.7. The first-order chi connectivity index (χ1) is 14.9. The number of fused-ring (bicyclic) bond motifs is 2. The minimum atomic E-state index is -0.985. The van der Waals surface area contributed by atoms with Crippen molar-refractivity contribution in [1.82, 2.24) is 0 Å². The van der Waals surface area contributed by atoms with Crippen LogP contribution in [0.4, 0.5) is 0 Å². The predicted octanol–water partition coefficient (Wildman–Crippen LogP) is 4.98. The first-order valence-corrected chi connectivity index (χ1v) is 10.7. The second kappa shape index (κ2) is 8.46. The van der Waals surface area contributed by atoms with Gasteiger partial charge in [0.05, 0.1) is 36.9 Å². The van der Waals surface area contributed by atoms with Gasteiger partial charge in [0.1, 0.15) is 0 Å². The summed E-state index contributed by atoms with van der Waals surface area (Å²) in [6, 6.07) is 19.4. The number of hydrogen-bond donors (Lipinski definition) is 1. The fourth-order valence-electron chi connectivity index (χ4n) is 3.51. The van der Waals surface area contributed by atoms with Crippen LogP contribution in [-0.4, -0.2) is 17.0 Å². The molecule has 152 valence electrons. The lowest BCUT2D eigenvalue weighted by molar-refractivity contribution is -0.633. The lowest BCUT2D eigenvalue weighted by atomic mass is 10.0. The van der Waals surface area contributed by atoms with Crippen LogP contribution in [0.1, 0.15) is 15.9 Å². The van der Waals surface area contributed by atoms with Crippen LogP contribution < -0.4 is 9.30 Å². The minimum absolute atomic E-state index is 0.247. The molecule has 3 aromatic carbocycles. The van der Waals surface area contributed by atoms with Crippen molar-refractivity contribution < 1.29 is 24.0 Å². The Bertz CT molecular complexity index is 1350. The lowest BCUT2D eigenvalue weighted by Gasteiger charge is -2.13. The highest BCUT2D eigenvalue weighted by atomic mass is 79.9. The van der Waals surface area contributed by atoms with Crippen molar-refractivity contribution in [2.24, 2.45) is 0 Å². The Morgan fingerprint density at radius 2 is 1.48 bits per heavy atom. The molecule has 0 saturated carbocycles. The van der Waals surface area contributed by atoms with Crippen molar-refractivity contribution in [2.45, 2.75) is 6.54 Å². The van der Waals surface area contributed by atoms with Gasteiger partial charge in [-0.2, -0.15) is 9.83 Å². The molecule has 6 nitrogen and oxygen atoms in total. The van der Waals surface area contributed by atoms with Crippen molar-refractivity contribution >= 4 is 65.6 Å². The number of carbonyl (C=O) groups is 2. The number of benzene rings is 3. The van der Waals surface area contributed by atoms with E-state index in [0.717, 1.165) is 0 Å². The molecule has 0 atom stereocenters. The lowest BCUT2D eigenvalue weighted by Crippen LogP contribution is -2.40. The first-order valence-electron chi connectivity index (χ1n) is 9.07. The van der Waals surface area contributed by atoms with Crippen LogP contribution in [0.15, 0.2) is 69.6 Å². The molecule has 0 aliphatic carbocycles. The van der Waals surface area contributed by atoms with E-state index in [2.05, 4.69) is 31.9 Å². The number of nitrogens with zero attached hydrogens (tertiary/aromatic N) is 2. The zero-order valence-corrected chi connectivity index (χ0v) is 19.0. The van der Waals surface area contributed by atoms with Gasteiger partial charge < -0.3 is 9.84 Å². The Morgan fingerprint density at radius 3 is 1.97 bits per heavy atom. The van der Waals surface area contributed by atoms with Gasteiger partial charge in [0, 0.05) is 12.1 Å². The molecule has 0 fully saturated rings. The predicted molar refractivity (Wildman–Crippen MR) is 121 cm³/mol. The largest absolute Gasteiger partial charge is 0.477 e. The summed E-state index contributed by atoms with van der Waals surface area (Å²) in [6.45, 7) is -0.247. The third-order valence-electron chi connectivity index (χ3n) is 4.75. The molecule has 4 aromatic rings. The molecule has 1 heterocycles. The monoisotopic (exact) mass is 539 g/mol. The summed E-state index contributed by atoms with van der Waals surface area (Å²) >= 11 is 6.70. The number of esters is 1. The molecule has 0 bridgehead atoms. The fourth-order valence-corrected chi connectivity index (χ4v) is 4.86. The van der Waals surface area contributed by atoms with Gasteiger partial charge in [-0.1, -0.05) is 24.3 Å². The molecule has 4 rings (SSSR count). The van der Waals surface area contributed by atoms with Crippen molar-refractivity contribution in [1.29, 1.82) is 5.26 Å². The summed E-state index contributed by atoms with van der Waals surface area (Å²) in [6.07, 6.45) is 0.